The number of carbonyl (C=O) groups is 2. The maximum atomic E-state index is 12.7. The van der Waals surface area contributed by atoms with E-state index in [2.05, 4.69) is 5.10 Å². The van der Waals surface area contributed by atoms with Gasteiger partial charge in [-0.25, -0.2) is 0 Å². The van der Waals surface area contributed by atoms with Crippen molar-refractivity contribution in [1.29, 1.82) is 0 Å². The number of thioether (sulfide) groups is 1. The van der Waals surface area contributed by atoms with Crippen LogP contribution in [-0.2, 0) is 16.1 Å². The lowest BCUT2D eigenvalue weighted by molar-refractivity contribution is -0.138. The van der Waals surface area contributed by atoms with Crippen molar-refractivity contribution in [3.63, 3.8) is 0 Å². The predicted molar refractivity (Wildman–Crippen MR) is 102 cm³/mol. The molecule has 1 aromatic carbocycles. The van der Waals surface area contributed by atoms with Gasteiger partial charge in [-0.15, -0.1) is 11.8 Å². The summed E-state index contributed by atoms with van der Waals surface area (Å²) in [5.74, 6) is 0.438. The molecule has 1 amide bonds. The zero-order valence-electron chi connectivity index (χ0n) is 15.2. The molecule has 0 aliphatic carbocycles. The molecule has 1 saturated heterocycles. The Bertz CT molecular complexity index is 808. The van der Waals surface area contributed by atoms with Crippen LogP contribution in [0.1, 0.15) is 24.5 Å². The lowest BCUT2D eigenvalue weighted by Crippen LogP contribution is -2.40. The molecule has 0 spiro atoms. The summed E-state index contributed by atoms with van der Waals surface area (Å²) in [5.41, 5.74) is 0.885. The fourth-order valence-electron chi connectivity index (χ4n) is 3.32. The molecule has 8 heteroatoms. The SMILES string of the molecule is COc1cccc(SCC(=O)N2CCC[C@H](c3ccnn3CC(=O)O)C2)c1. The smallest absolute Gasteiger partial charge is 0.325 e. The van der Waals surface area contributed by atoms with Crippen LogP contribution in [0.3, 0.4) is 0 Å². The minimum atomic E-state index is -0.918. The normalized spacial score (nSPS) is 16.9. The second-order valence-electron chi connectivity index (χ2n) is 6.45. The monoisotopic (exact) mass is 389 g/mol. The summed E-state index contributed by atoms with van der Waals surface area (Å²) >= 11 is 1.50. The number of hydrogen-bond donors (Lipinski definition) is 1. The number of carboxylic acid groups (broad SMARTS) is 1. The topological polar surface area (TPSA) is 84.7 Å². The van der Waals surface area contributed by atoms with Gasteiger partial charge in [-0.05, 0) is 37.1 Å². The molecule has 1 aromatic heterocycles. The van der Waals surface area contributed by atoms with Crippen molar-refractivity contribution in [3.05, 3.63) is 42.2 Å². The number of benzene rings is 1. The Labute approximate surface area is 162 Å². The van der Waals surface area contributed by atoms with Crippen molar-refractivity contribution < 1.29 is 19.4 Å². The first kappa shape index (κ1) is 19.3. The van der Waals surface area contributed by atoms with Gasteiger partial charge in [0.25, 0.3) is 0 Å². The third kappa shape index (κ3) is 5.03. The van der Waals surface area contributed by atoms with E-state index >= 15 is 0 Å². The largest absolute Gasteiger partial charge is 0.497 e. The predicted octanol–water partition coefficient (Wildman–Crippen LogP) is 2.47. The third-order valence-corrected chi connectivity index (χ3v) is 5.61. The molecule has 2 aromatic rings. The van der Waals surface area contributed by atoms with Crippen LogP contribution in [0.15, 0.2) is 41.4 Å². The Morgan fingerprint density at radius 2 is 2.22 bits per heavy atom. The van der Waals surface area contributed by atoms with Crippen LogP contribution in [0.5, 0.6) is 5.75 Å². The molecule has 1 aliphatic heterocycles. The third-order valence-electron chi connectivity index (χ3n) is 4.63. The van der Waals surface area contributed by atoms with E-state index in [4.69, 9.17) is 9.84 Å². The molecule has 0 saturated carbocycles. The molecule has 2 heterocycles. The highest BCUT2D eigenvalue weighted by atomic mass is 32.2. The molecule has 1 aliphatic rings. The molecule has 7 nitrogen and oxygen atoms in total. The van der Waals surface area contributed by atoms with Gasteiger partial charge in [0.05, 0.1) is 12.9 Å². The minimum absolute atomic E-state index is 0.0943. The first-order valence-corrected chi connectivity index (χ1v) is 9.83. The number of methoxy groups -OCH3 is 1. The average Bonchev–Trinajstić information content (AvgIpc) is 3.13. The van der Waals surface area contributed by atoms with Gasteiger partial charge in [0.1, 0.15) is 12.3 Å². The van der Waals surface area contributed by atoms with Crippen LogP contribution < -0.4 is 4.74 Å². The van der Waals surface area contributed by atoms with Crippen LogP contribution in [0.2, 0.25) is 0 Å². The van der Waals surface area contributed by atoms with E-state index in [-0.39, 0.29) is 18.4 Å². The van der Waals surface area contributed by atoms with Gasteiger partial charge < -0.3 is 14.7 Å². The quantitative estimate of drug-likeness (QED) is 0.733. The van der Waals surface area contributed by atoms with Crippen molar-refractivity contribution in [2.45, 2.75) is 30.2 Å². The van der Waals surface area contributed by atoms with Gasteiger partial charge in [-0.2, -0.15) is 5.10 Å². The van der Waals surface area contributed by atoms with Crippen molar-refractivity contribution in [2.24, 2.45) is 0 Å². The van der Waals surface area contributed by atoms with E-state index in [0.717, 1.165) is 35.7 Å². The van der Waals surface area contributed by atoms with E-state index in [1.165, 1.54) is 16.4 Å². The van der Waals surface area contributed by atoms with Crippen molar-refractivity contribution in [1.82, 2.24) is 14.7 Å². The van der Waals surface area contributed by atoms with Crippen LogP contribution in [0.4, 0.5) is 0 Å². The number of aromatic nitrogens is 2. The lowest BCUT2D eigenvalue weighted by atomic mass is 9.94. The van der Waals surface area contributed by atoms with Crippen LogP contribution in [0.25, 0.3) is 0 Å². The Morgan fingerprint density at radius 1 is 1.37 bits per heavy atom. The summed E-state index contributed by atoms with van der Waals surface area (Å²) < 4.78 is 6.73. The molecular formula is C19H23N3O4S. The molecule has 144 valence electrons. The molecule has 27 heavy (non-hydrogen) atoms. The van der Waals surface area contributed by atoms with Crippen LogP contribution >= 0.6 is 11.8 Å². The van der Waals surface area contributed by atoms with Crippen molar-refractivity contribution >= 4 is 23.6 Å². The standard InChI is InChI=1S/C19H23N3O4S/c1-26-15-5-2-6-16(10-15)27-13-18(23)21-9-3-4-14(11-21)17-7-8-20-22(17)12-19(24)25/h2,5-8,10,14H,3-4,9,11-13H2,1H3,(H,24,25)/t14-/m0/s1. The molecule has 1 fully saturated rings. The van der Waals surface area contributed by atoms with E-state index in [1.807, 2.05) is 35.2 Å². The maximum Gasteiger partial charge on any atom is 0.325 e. The van der Waals surface area contributed by atoms with Crippen molar-refractivity contribution in [2.75, 3.05) is 26.0 Å². The second-order valence-corrected chi connectivity index (χ2v) is 7.50. The summed E-state index contributed by atoms with van der Waals surface area (Å²) in [6.07, 6.45) is 3.45. The van der Waals surface area contributed by atoms with Crippen LogP contribution in [-0.4, -0.2) is 57.6 Å². The van der Waals surface area contributed by atoms with Gasteiger partial charge in [-0.1, -0.05) is 6.07 Å². The summed E-state index contributed by atoms with van der Waals surface area (Å²) in [6.45, 7) is 1.18. The number of carboxylic acids is 1. The fourth-order valence-corrected chi connectivity index (χ4v) is 4.17. The highest BCUT2D eigenvalue weighted by Gasteiger charge is 2.27. The zero-order valence-corrected chi connectivity index (χ0v) is 16.0. The number of amides is 1. The molecule has 0 unspecified atom stereocenters. The molecular weight excluding hydrogens is 366 g/mol. The van der Waals surface area contributed by atoms with E-state index in [9.17, 15) is 9.59 Å². The maximum absolute atomic E-state index is 12.7. The number of ether oxygens (including phenoxy) is 1. The van der Waals surface area contributed by atoms with Crippen molar-refractivity contribution in [3.8, 4) is 5.75 Å². The molecule has 0 radical (unpaired) electrons. The van der Waals surface area contributed by atoms with Gasteiger partial charge in [0.2, 0.25) is 5.91 Å². The Kier molecular flexibility index (Phi) is 6.39. The Hall–Kier alpha value is -2.48. The molecule has 1 N–H and O–H groups in total. The number of piperidine rings is 1. The number of rotatable bonds is 7. The van der Waals surface area contributed by atoms with E-state index in [1.54, 1.807) is 13.3 Å². The van der Waals surface area contributed by atoms with Gasteiger partial charge >= 0.3 is 5.97 Å². The number of hydrogen-bond acceptors (Lipinski definition) is 5. The molecule has 0 bridgehead atoms. The van der Waals surface area contributed by atoms with E-state index in [0.29, 0.717) is 12.3 Å². The Balaban J connectivity index is 1.59. The fraction of sp³-hybridized carbons (Fsp3) is 0.421. The summed E-state index contributed by atoms with van der Waals surface area (Å²) in [6, 6.07) is 9.52. The first-order valence-electron chi connectivity index (χ1n) is 8.85. The summed E-state index contributed by atoms with van der Waals surface area (Å²) in [7, 11) is 1.62. The van der Waals surface area contributed by atoms with E-state index < -0.39 is 5.97 Å². The number of nitrogens with zero attached hydrogens (tertiary/aromatic N) is 3. The summed E-state index contributed by atoms with van der Waals surface area (Å²) in [4.78, 5) is 26.5. The van der Waals surface area contributed by atoms with Gasteiger partial charge in [0.15, 0.2) is 0 Å². The van der Waals surface area contributed by atoms with Gasteiger partial charge in [-0.3, -0.25) is 14.3 Å². The number of likely N-dealkylation sites (tertiary alicyclic amines) is 1. The Morgan fingerprint density at radius 3 is 3.00 bits per heavy atom. The average molecular weight is 389 g/mol. The minimum Gasteiger partial charge on any atom is -0.497 e. The second kappa shape index (κ2) is 8.94. The molecule has 1 atom stereocenters. The zero-order chi connectivity index (χ0) is 19.2. The van der Waals surface area contributed by atoms with Gasteiger partial charge in [0, 0.05) is 35.8 Å². The van der Waals surface area contributed by atoms with Crippen LogP contribution in [0, 0.1) is 0 Å². The summed E-state index contributed by atoms with van der Waals surface area (Å²) in [5, 5.41) is 13.1. The molecule has 3 rings (SSSR count). The number of aliphatic carboxylic acids is 1. The number of carbonyl (C=O) groups excluding carboxylic acids is 1. The lowest BCUT2D eigenvalue weighted by Gasteiger charge is -2.33. The first-order chi connectivity index (χ1) is 13.1. The highest BCUT2D eigenvalue weighted by Crippen LogP contribution is 2.28. The highest BCUT2D eigenvalue weighted by molar-refractivity contribution is 8.00.